The van der Waals surface area contributed by atoms with Crippen molar-refractivity contribution >= 4 is 22.6 Å². The standard InChI is InChI=1S/C20H21N3O2/c1-13-11-15-7-3-5-9-17(15)23(13)19(25)12-22-18-10-6-4-8-16(18)21-20(22)14(2)24/h3-10,13-14,24H,11-12H2,1-2H3/t13-,14-/m1/s1. The fourth-order valence-electron chi connectivity index (χ4n) is 3.74. The molecule has 25 heavy (non-hydrogen) atoms. The Bertz CT molecular complexity index is 945. The van der Waals surface area contributed by atoms with Gasteiger partial charge in [0.25, 0.3) is 0 Å². The molecule has 1 amide bonds. The predicted molar refractivity (Wildman–Crippen MR) is 97.5 cm³/mol. The molecule has 0 saturated carbocycles. The summed E-state index contributed by atoms with van der Waals surface area (Å²) < 4.78 is 1.83. The summed E-state index contributed by atoms with van der Waals surface area (Å²) in [5, 5.41) is 10.1. The number of benzene rings is 2. The smallest absolute Gasteiger partial charge is 0.247 e. The first-order valence-electron chi connectivity index (χ1n) is 8.59. The van der Waals surface area contributed by atoms with Crippen molar-refractivity contribution in [3.63, 3.8) is 0 Å². The molecule has 0 radical (unpaired) electrons. The highest BCUT2D eigenvalue weighted by Crippen LogP contribution is 2.32. The number of nitrogens with zero attached hydrogens (tertiary/aromatic N) is 3. The summed E-state index contributed by atoms with van der Waals surface area (Å²) in [4.78, 5) is 19.5. The van der Waals surface area contributed by atoms with Crippen LogP contribution in [0.2, 0.25) is 0 Å². The number of aromatic nitrogens is 2. The average Bonchev–Trinajstić information content (AvgIpc) is 3.12. The summed E-state index contributed by atoms with van der Waals surface area (Å²) in [6.45, 7) is 3.91. The van der Waals surface area contributed by atoms with Gasteiger partial charge in [-0.1, -0.05) is 30.3 Å². The number of para-hydroxylation sites is 3. The van der Waals surface area contributed by atoms with Crippen molar-refractivity contribution in [1.29, 1.82) is 0 Å². The Morgan fingerprint density at radius 2 is 1.96 bits per heavy atom. The normalized spacial score (nSPS) is 17.7. The molecule has 1 aliphatic heterocycles. The second-order valence-corrected chi connectivity index (χ2v) is 6.67. The van der Waals surface area contributed by atoms with Gasteiger partial charge in [0.15, 0.2) is 0 Å². The van der Waals surface area contributed by atoms with Crippen molar-refractivity contribution in [2.45, 2.75) is 39.0 Å². The maximum Gasteiger partial charge on any atom is 0.247 e. The van der Waals surface area contributed by atoms with Gasteiger partial charge >= 0.3 is 0 Å². The van der Waals surface area contributed by atoms with Gasteiger partial charge in [0, 0.05) is 11.7 Å². The lowest BCUT2D eigenvalue weighted by Crippen LogP contribution is -2.38. The van der Waals surface area contributed by atoms with Gasteiger partial charge in [-0.3, -0.25) is 4.79 Å². The molecule has 1 aromatic heterocycles. The first-order valence-corrected chi connectivity index (χ1v) is 8.59. The Morgan fingerprint density at radius 3 is 2.76 bits per heavy atom. The lowest BCUT2D eigenvalue weighted by Gasteiger charge is -2.23. The largest absolute Gasteiger partial charge is 0.385 e. The second-order valence-electron chi connectivity index (χ2n) is 6.67. The van der Waals surface area contributed by atoms with Crippen molar-refractivity contribution < 1.29 is 9.90 Å². The molecule has 5 heteroatoms. The van der Waals surface area contributed by atoms with E-state index in [-0.39, 0.29) is 18.5 Å². The Morgan fingerprint density at radius 1 is 1.24 bits per heavy atom. The Hall–Kier alpha value is -2.66. The van der Waals surface area contributed by atoms with Crippen LogP contribution in [0.5, 0.6) is 0 Å². The van der Waals surface area contributed by atoms with Gasteiger partial charge in [0.05, 0.1) is 11.0 Å². The number of rotatable bonds is 3. The van der Waals surface area contributed by atoms with Crippen LogP contribution in [0.1, 0.15) is 31.3 Å². The van der Waals surface area contributed by atoms with E-state index in [4.69, 9.17) is 0 Å². The molecule has 0 unspecified atom stereocenters. The van der Waals surface area contributed by atoms with E-state index in [0.29, 0.717) is 5.82 Å². The second kappa shape index (κ2) is 6.01. The Labute approximate surface area is 146 Å². The molecule has 2 aromatic carbocycles. The van der Waals surface area contributed by atoms with Crippen molar-refractivity contribution in [3.8, 4) is 0 Å². The van der Waals surface area contributed by atoms with Crippen molar-refractivity contribution in [1.82, 2.24) is 9.55 Å². The van der Waals surface area contributed by atoms with Crippen LogP contribution in [0.3, 0.4) is 0 Å². The number of anilines is 1. The van der Waals surface area contributed by atoms with Crippen LogP contribution in [-0.2, 0) is 17.8 Å². The molecule has 3 aromatic rings. The van der Waals surface area contributed by atoms with E-state index < -0.39 is 6.10 Å². The summed E-state index contributed by atoms with van der Waals surface area (Å²) in [7, 11) is 0. The SMILES string of the molecule is C[C@@H]1Cc2ccccc2N1C(=O)Cn1c([C@@H](C)O)nc2ccccc21. The van der Waals surface area contributed by atoms with E-state index in [1.54, 1.807) is 6.92 Å². The number of amides is 1. The van der Waals surface area contributed by atoms with Gasteiger partial charge < -0.3 is 14.6 Å². The number of hydrogen-bond acceptors (Lipinski definition) is 3. The third-order valence-electron chi connectivity index (χ3n) is 4.83. The van der Waals surface area contributed by atoms with Gasteiger partial charge in [-0.05, 0) is 44.0 Å². The van der Waals surface area contributed by atoms with E-state index >= 15 is 0 Å². The quantitative estimate of drug-likeness (QED) is 0.800. The van der Waals surface area contributed by atoms with Crippen LogP contribution in [0, 0.1) is 0 Å². The third-order valence-corrected chi connectivity index (χ3v) is 4.83. The molecule has 0 fully saturated rings. The van der Waals surface area contributed by atoms with Gasteiger partial charge in [-0.2, -0.15) is 0 Å². The van der Waals surface area contributed by atoms with Crippen LogP contribution in [0.4, 0.5) is 5.69 Å². The number of hydrogen-bond donors (Lipinski definition) is 1. The van der Waals surface area contributed by atoms with Crippen molar-refractivity contribution in [2.24, 2.45) is 0 Å². The fourth-order valence-corrected chi connectivity index (χ4v) is 3.74. The molecular formula is C20H21N3O2. The molecular weight excluding hydrogens is 314 g/mol. The lowest BCUT2D eigenvalue weighted by atomic mass is 10.1. The first kappa shape index (κ1) is 15.8. The zero-order valence-corrected chi connectivity index (χ0v) is 14.4. The summed E-state index contributed by atoms with van der Waals surface area (Å²) in [5.41, 5.74) is 3.85. The fraction of sp³-hybridized carbons (Fsp3) is 0.300. The Balaban J connectivity index is 1.72. The molecule has 4 rings (SSSR count). The third kappa shape index (κ3) is 2.61. The minimum atomic E-state index is -0.733. The molecule has 5 nitrogen and oxygen atoms in total. The highest BCUT2D eigenvalue weighted by Gasteiger charge is 2.31. The lowest BCUT2D eigenvalue weighted by molar-refractivity contribution is -0.119. The van der Waals surface area contributed by atoms with E-state index in [2.05, 4.69) is 18.0 Å². The van der Waals surface area contributed by atoms with E-state index in [1.165, 1.54) is 5.56 Å². The molecule has 0 aliphatic carbocycles. The number of carbonyl (C=O) groups is 1. The van der Waals surface area contributed by atoms with E-state index in [1.807, 2.05) is 51.9 Å². The molecule has 0 saturated heterocycles. The van der Waals surface area contributed by atoms with E-state index in [0.717, 1.165) is 23.1 Å². The van der Waals surface area contributed by atoms with Gasteiger partial charge in [0.1, 0.15) is 18.5 Å². The van der Waals surface area contributed by atoms with Gasteiger partial charge in [0.2, 0.25) is 5.91 Å². The number of imidazole rings is 1. The molecule has 2 heterocycles. The van der Waals surface area contributed by atoms with Crippen molar-refractivity contribution in [3.05, 3.63) is 59.9 Å². The van der Waals surface area contributed by atoms with Gasteiger partial charge in [-0.15, -0.1) is 0 Å². The van der Waals surface area contributed by atoms with Crippen LogP contribution < -0.4 is 4.90 Å². The molecule has 2 atom stereocenters. The number of fused-ring (bicyclic) bond motifs is 2. The zero-order chi connectivity index (χ0) is 17.6. The zero-order valence-electron chi connectivity index (χ0n) is 14.4. The van der Waals surface area contributed by atoms with Crippen LogP contribution in [-0.4, -0.2) is 26.6 Å². The number of aliphatic hydroxyl groups excluding tert-OH is 1. The monoisotopic (exact) mass is 335 g/mol. The minimum Gasteiger partial charge on any atom is -0.385 e. The molecule has 0 spiro atoms. The number of aliphatic hydroxyl groups is 1. The van der Waals surface area contributed by atoms with Crippen molar-refractivity contribution in [2.75, 3.05) is 4.90 Å². The first-order chi connectivity index (χ1) is 12.1. The highest BCUT2D eigenvalue weighted by molar-refractivity contribution is 5.96. The Kier molecular flexibility index (Phi) is 3.81. The molecule has 128 valence electrons. The summed E-state index contributed by atoms with van der Waals surface area (Å²) >= 11 is 0. The molecule has 1 N–H and O–H groups in total. The highest BCUT2D eigenvalue weighted by atomic mass is 16.3. The summed E-state index contributed by atoms with van der Waals surface area (Å²) in [6, 6.07) is 15.8. The maximum atomic E-state index is 13.1. The van der Waals surface area contributed by atoms with Gasteiger partial charge in [-0.25, -0.2) is 4.98 Å². The summed E-state index contributed by atoms with van der Waals surface area (Å²) in [6.07, 6.45) is 0.138. The predicted octanol–water partition coefficient (Wildman–Crippen LogP) is 3.07. The average molecular weight is 335 g/mol. The van der Waals surface area contributed by atoms with Crippen LogP contribution in [0.25, 0.3) is 11.0 Å². The maximum absolute atomic E-state index is 13.1. The van der Waals surface area contributed by atoms with Crippen LogP contribution >= 0.6 is 0 Å². The topological polar surface area (TPSA) is 58.4 Å². The summed E-state index contributed by atoms with van der Waals surface area (Å²) in [5.74, 6) is 0.539. The molecule has 1 aliphatic rings. The molecule has 0 bridgehead atoms. The minimum absolute atomic E-state index is 0.0162. The van der Waals surface area contributed by atoms with E-state index in [9.17, 15) is 9.90 Å². The number of carbonyl (C=O) groups excluding carboxylic acids is 1. The van der Waals surface area contributed by atoms with Crippen LogP contribution in [0.15, 0.2) is 48.5 Å².